The first-order valence-corrected chi connectivity index (χ1v) is 8.81. The molecule has 0 amide bonds. The average Bonchev–Trinajstić information content (AvgIpc) is 2.40. The number of ketones is 1. The number of piperazine rings is 1. The van der Waals surface area contributed by atoms with Crippen LogP contribution in [0.4, 0.5) is 0 Å². The van der Waals surface area contributed by atoms with Crippen LogP contribution < -0.4 is 9.80 Å². The van der Waals surface area contributed by atoms with Gasteiger partial charge in [0.2, 0.25) is 0 Å². The lowest BCUT2D eigenvalue weighted by Crippen LogP contribution is -3.27. The molecule has 4 saturated carbocycles. The van der Waals surface area contributed by atoms with Crippen molar-refractivity contribution in [2.45, 2.75) is 38.5 Å². The SMILES string of the molecule is C[NH+]1CC[NH+](CC(=O)C23CC4CC(CC(C4)C2)C3)CC1. The molecule has 1 heterocycles. The number of rotatable bonds is 3. The minimum absolute atomic E-state index is 0.137. The van der Waals surface area contributed by atoms with Gasteiger partial charge >= 0.3 is 0 Å². The molecule has 0 spiro atoms. The van der Waals surface area contributed by atoms with Gasteiger partial charge < -0.3 is 9.80 Å². The Morgan fingerprint density at radius 1 is 0.950 bits per heavy atom. The van der Waals surface area contributed by atoms with Gasteiger partial charge in [-0.05, 0) is 56.3 Å². The Labute approximate surface area is 122 Å². The van der Waals surface area contributed by atoms with Gasteiger partial charge in [-0.3, -0.25) is 4.79 Å². The Morgan fingerprint density at radius 2 is 1.45 bits per heavy atom. The monoisotopic (exact) mass is 278 g/mol. The van der Waals surface area contributed by atoms with Gasteiger partial charge in [-0.25, -0.2) is 0 Å². The van der Waals surface area contributed by atoms with E-state index < -0.39 is 0 Å². The van der Waals surface area contributed by atoms with Crippen LogP contribution in [-0.2, 0) is 4.79 Å². The Balaban J connectivity index is 1.43. The van der Waals surface area contributed by atoms with Crippen LogP contribution in [0.1, 0.15) is 38.5 Å². The van der Waals surface area contributed by atoms with E-state index in [1.807, 2.05) is 0 Å². The largest absolute Gasteiger partial charge is 0.328 e. The molecule has 0 aromatic carbocycles. The van der Waals surface area contributed by atoms with Crippen LogP contribution in [0.25, 0.3) is 0 Å². The number of carbonyl (C=O) groups excluding carboxylic acids is 1. The molecule has 0 aromatic rings. The highest BCUT2D eigenvalue weighted by atomic mass is 16.1. The Bertz CT molecular complexity index is 363. The zero-order chi connectivity index (χ0) is 13.7. The fourth-order valence-corrected chi connectivity index (χ4v) is 6.07. The minimum atomic E-state index is 0.137. The Hall–Kier alpha value is -0.410. The molecule has 0 aromatic heterocycles. The quantitative estimate of drug-likeness (QED) is 0.693. The molecular formula is C17H30N2O+2. The van der Waals surface area contributed by atoms with Gasteiger partial charge in [-0.2, -0.15) is 0 Å². The first-order chi connectivity index (χ1) is 9.63. The molecule has 112 valence electrons. The lowest BCUT2D eigenvalue weighted by Gasteiger charge is -2.55. The normalized spacial score (nSPS) is 50.4. The van der Waals surface area contributed by atoms with Crippen molar-refractivity contribution >= 4 is 5.78 Å². The summed E-state index contributed by atoms with van der Waals surface area (Å²) in [6, 6.07) is 0. The van der Waals surface area contributed by atoms with Crippen molar-refractivity contribution in [3.05, 3.63) is 0 Å². The fraction of sp³-hybridized carbons (Fsp3) is 0.941. The second-order valence-corrected chi connectivity index (χ2v) is 8.50. The van der Waals surface area contributed by atoms with E-state index in [0.29, 0.717) is 5.78 Å². The summed E-state index contributed by atoms with van der Waals surface area (Å²) in [4.78, 5) is 16.2. The summed E-state index contributed by atoms with van der Waals surface area (Å²) in [5, 5.41) is 0. The maximum absolute atomic E-state index is 13.0. The summed E-state index contributed by atoms with van der Waals surface area (Å²) in [5.41, 5.74) is 0.137. The van der Waals surface area contributed by atoms with Crippen LogP contribution >= 0.6 is 0 Å². The molecule has 0 unspecified atom stereocenters. The van der Waals surface area contributed by atoms with Gasteiger partial charge in [0.1, 0.15) is 32.7 Å². The predicted octanol–water partition coefficient (Wildman–Crippen LogP) is -0.815. The number of carbonyl (C=O) groups is 1. The van der Waals surface area contributed by atoms with Crippen molar-refractivity contribution in [2.24, 2.45) is 23.2 Å². The highest BCUT2D eigenvalue weighted by Crippen LogP contribution is 2.60. The van der Waals surface area contributed by atoms with Gasteiger partial charge in [0, 0.05) is 5.41 Å². The average molecular weight is 278 g/mol. The molecule has 1 aliphatic heterocycles. The molecule has 1 saturated heterocycles. The van der Waals surface area contributed by atoms with E-state index in [-0.39, 0.29) is 5.41 Å². The number of hydrogen-bond donors (Lipinski definition) is 2. The summed E-state index contributed by atoms with van der Waals surface area (Å²) in [7, 11) is 2.28. The molecule has 3 heteroatoms. The van der Waals surface area contributed by atoms with Crippen molar-refractivity contribution in [1.29, 1.82) is 0 Å². The maximum Gasteiger partial charge on any atom is 0.192 e. The third-order valence-electron chi connectivity index (χ3n) is 6.85. The van der Waals surface area contributed by atoms with Crippen molar-refractivity contribution in [2.75, 3.05) is 39.8 Å². The van der Waals surface area contributed by atoms with Crippen molar-refractivity contribution in [1.82, 2.24) is 0 Å². The molecular weight excluding hydrogens is 248 g/mol. The highest BCUT2D eigenvalue weighted by molar-refractivity contribution is 5.86. The van der Waals surface area contributed by atoms with Crippen LogP contribution in [0.15, 0.2) is 0 Å². The summed E-state index contributed by atoms with van der Waals surface area (Å²) in [5.74, 6) is 3.34. The van der Waals surface area contributed by atoms with Crippen LogP contribution in [0.5, 0.6) is 0 Å². The van der Waals surface area contributed by atoms with E-state index in [2.05, 4.69) is 7.05 Å². The van der Waals surface area contributed by atoms with Crippen LogP contribution in [0.3, 0.4) is 0 Å². The fourth-order valence-electron chi connectivity index (χ4n) is 6.07. The van der Waals surface area contributed by atoms with E-state index in [0.717, 1.165) is 24.3 Å². The van der Waals surface area contributed by atoms with Crippen molar-refractivity contribution in [3.63, 3.8) is 0 Å². The van der Waals surface area contributed by atoms with E-state index in [9.17, 15) is 4.79 Å². The van der Waals surface area contributed by atoms with E-state index in [4.69, 9.17) is 0 Å². The third-order valence-corrected chi connectivity index (χ3v) is 6.85. The van der Waals surface area contributed by atoms with Gasteiger partial charge in [-0.15, -0.1) is 0 Å². The standard InChI is InChI=1S/C17H28N2O/c1-18-2-4-19(5-3-18)12-16(20)17-9-13-6-14(10-17)8-15(7-13)11-17/h13-15H,2-12H2,1H3/p+2. The lowest BCUT2D eigenvalue weighted by atomic mass is 9.48. The smallest absolute Gasteiger partial charge is 0.192 e. The molecule has 0 atom stereocenters. The molecule has 20 heavy (non-hydrogen) atoms. The number of likely N-dealkylation sites (N-methyl/N-ethyl adjacent to an activating group) is 1. The summed E-state index contributed by atoms with van der Waals surface area (Å²) < 4.78 is 0. The summed E-state index contributed by atoms with van der Waals surface area (Å²) in [6.45, 7) is 5.71. The predicted molar refractivity (Wildman–Crippen MR) is 77.8 cm³/mol. The molecule has 5 aliphatic rings. The van der Waals surface area contributed by atoms with Gasteiger partial charge in [-0.1, -0.05) is 0 Å². The first-order valence-electron chi connectivity index (χ1n) is 8.81. The zero-order valence-corrected chi connectivity index (χ0v) is 12.9. The molecule has 5 fully saturated rings. The zero-order valence-electron chi connectivity index (χ0n) is 12.9. The highest BCUT2D eigenvalue weighted by Gasteiger charge is 2.54. The van der Waals surface area contributed by atoms with Crippen LogP contribution in [-0.4, -0.2) is 45.6 Å². The molecule has 4 aliphatic carbocycles. The van der Waals surface area contributed by atoms with Gasteiger partial charge in [0.05, 0.1) is 7.05 Å². The molecule has 3 nitrogen and oxygen atoms in total. The molecule has 0 radical (unpaired) electrons. The van der Waals surface area contributed by atoms with Crippen molar-refractivity contribution in [3.8, 4) is 0 Å². The summed E-state index contributed by atoms with van der Waals surface area (Å²) >= 11 is 0. The Morgan fingerprint density at radius 3 is 1.95 bits per heavy atom. The molecule has 5 rings (SSSR count). The van der Waals surface area contributed by atoms with Crippen molar-refractivity contribution < 1.29 is 14.6 Å². The van der Waals surface area contributed by atoms with E-state index in [1.165, 1.54) is 64.7 Å². The Kier molecular flexibility index (Phi) is 3.19. The molecule has 4 bridgehead atoms. The maximum atomic E-state index is 13.0. The topological polar surface area (TPSA) is 26.0 Å². The number of nitrogens with one attached hydrogen (secondary N) is 2. The second kappa shape index (κ2) is 4.81. The third kappa shape index (κ3) is 2.23. The van der Waals surface area contributed by atoms with Gasteiger partial charge in [0.15, 0.2) is 5.78 Å². The van der Waals surface area contributed by atoms with Crippen LogP contribution in [0, 0.1) is 23.2 Å². The minimum Gasteiger partial charge on any atom is -0.328 e. The second-order valence-electron chi connectivity index (χ2n) is 8.50. The van der Waals surface area contributed by atoms with Gasteiger partial charge in [0.25, 0.3) is 0 Å². The summed E-state index contributed by atoms with van der Waals surface area (Å²) in [6.07, 6.45) is 8.06. The van der Waals surface area contributed by atoms with E-state index in [1.54, 1.807) is 9.80 Å². The first kappa shape index (κ1) is 13.3. The molecule has 2 N–H and O–H groups in total. The number of quaternary nitrogens is 2. The van der Waals surface area contributed by atoms with E-state index >= 15 is 0 Å². The number of Topliss-reactive ketones (excluding diaryl/α,β-unsaturated/α-hetero) is 1. The number of hydrogen-bond acceptors (Lipinski definition) is 1. The van der Waals surface area contributed by atoms with Crippen LogP contribution in [0.2, 0.25) is 0 Å². The lowest BCUT2D eigenvalue weighted by molar-refractivity contribution is -1.000.